The van der Waals surface area contributed by atoms with Crippen LogP contribution in [0.4, 0.5) is 0 Å². The molecule has 1 aliphatic heterocycles. The molecule has 3 aromatic heterocycles. The quantitative estimate of drug-likeness (QED) is 0.603. The number of nitrogens with one attached hydrogen (secondary N) is 1. The summed E-state index contributed by atoms with van der Waals surface area (Å²) in [6, 6.07) is 16.0. The molecule has 0 amide bonds. The molecule has 0 bridgehead atoms. The van der Waals surface area contributed by atoms with Gasteiger partial charge in [0, 0.05) is 25.7 Å². The van der Waals surface area contributed by atoms with Crippen molar-refractivity contribution in [1.82, 2.24) is 30.0 Å². The average Bonchev–Trinajstić information content (AvgIpc) is 3.38. The van der Waals surface area contributed by atoms with Crippen LogP contribution in [0.3, 0.4) is 0 Å². The van der Waals surface area contributed by atoms with Gasteiger partial charge in [0.25, 0.3) is 0 Å². The second kappa shape index (κ2) is 6.77. The molecule has 0 saturated carbocycles. The summed E-state index contributed by atoms with van der Waals surface area (Å²) < 4.78 is 5.64. The Labute approximate surface area is 156 Å². The lowest BCUT2D eigenvalue weighted by molar-refractivity contribution is 0.128. The van der Waals surface area contributed by atoms with Crippen molar-refractivity contribution in [3.8, 4) is 11.5 Å². The van der Waals surface area contributed by atoms with E-state index < -0.39 is 0 Å². The molecule has 0 aliphatic carbocycles. The van der Waals surface area contributed by atoms with Crippen LogP contribution in [-0.2, 0) is 19.5 Å². The van der Waals surface area contributed by atoms with Crippen LogP contribution >= 0.6 is 0 Å². The van der Waals surface area contributed by atoms with Gasteiger partial charge in [0.15, 0.2) is 0 Å². The molecule has 0 fully saturated rings. The number of fused-ring (bicyclic) bond motifs is 1. The standard InChI is InChI=1S/C20H18N6O/c1-2-6-14(7-3-1)11-26-12-17-16(22-13-23-17)10-18(26)20-24-19(25-27-20)15-8-4-5-9-21-15/h1-9,13,18H,10-12H2,(H,22,23)/t18-/m0/s1. The Morgan fingerprint density at radius 1 is 1.07 bits per heavy atom. The first-order chi connectivity index (χ1) is 13.4. The maximum atomic E-state index is 5.64. The lowest BCUT2D eigenvalue weighted by atomic mass is 10.0. The molecule has 7 nitrogen and oxygen atoms in total. The third kappa shape index (κ3) is 3.13. The number of H-pyrrole nitrogens is 1. The Morgan fingerprint density at radius 2 is 1.96 bits per heavy atom. The van der Waals surface area contributed by atoms with Crippen molar-refractivity contribution in [2.75, 3.05) is 0 Å². The van der Waals surface area contributed by atoms with Gasteiger partial charge in [0.2, 0.25) is 11.7 Å². The highest BCUT2D eigenvalue weighted by molar-refractivity contribution is 5.47. The molecule has 0 spiro atoms. The Kier molecular flexibility index (Phi) is 3.99. The van der Waals surface area contributed by atoms with Crippen molar-refractivity contribution < 1.29 is 4.52 Å². The molecule has 1 atom stereocenters. The zero-order valence-electron chi connectivity index (χ0n) is 14.6. The van der Waals surface area contributed by atoms with Crippen molar-refractivity contribution in [3.05, 3.63) is 83.9 Å². The summed E-state index contributed by atoms with van der Waals surface area (Å²) in [7, 11) is 0. The van der Waals surface area contributed by atoms with E-state index in [1.165, 1.54) is 5.56 Å². The zero-order valence-corrected chi connectivity index (χ0v) is 14.6. The van der Waals surface area contributed by atoms with E-state index in [1.54, 1.807) is 12.5 Å². The Balaban J connectivity index is 1.47. The molecule has 4 heterocycles. The highest BCUT2D eigenvalue weighted by atomic mass is 16.5. The van der Waals surface area contributed by atoms with Crippen LogP contribution in [0, 0.1) is 0 Å². The second-order valence-electron chi connectivity index (χ2n) is 6.61. The van der Waals surface area contributed by atoms with E-state index >= 15 is 0 Å². The highest BCUT2D eigenvalue weighted by Gasteiger charge is 2.33. The van der Waals surface area contributed by atoms with Crippen molar-refractivity contribution in [2.24, 2.45) is 0 Å². The number of nitrogens with zero attached hydrogens (tertiary/aromatic N) is 5. The summed E-state index contributed by atoms with van der Waals surface area (Å²) in [6.07, 6.45) is 4.21. The number of aromatic amines is 1. The monoisotopic (exact) mass is 358 g/mol. The Morgan fingerprint density at radius 3 is 2.81 bits per heavy atom. The van der Waals surface area contributed by atoms with E-state index in [-0.39, 0.29) is 6.04 Å². The first kappa shape index (κ1) is 15.9. The number of rotatable bonds is 4. The molecule has 134 valence electrons. The highest BCUT2D eigenvalue weighted by Crippen LogP contribution is 2.33. The van der Waals surface area contributed by atoms with E-state index in [1.807, 2.05) is 24.3 Å². The number of pyridine rings is 1. The van der Waals surface area contributed by atoms with Gasteiger partial charge < -0.3 is 9.51 Å². The maximum absolute atomic E-state index is 5.64. The van der Waals surface area contributed by atoms with Gasteiger partial charge in [-0.15, -0.1) is 0 Å². The molecule has 1 aliphatic rings. The van der Waals surface area contributed by atoms with Crippen LogP contribution in [0.2, 0.25) is 0 Å². The van der Waals surface area contributed by atoms with Crippen LogP contribution in [0.15, 0.2) is 65.6 Å². The maximum Gasteiger partial charge on any atom is 0.244 e. The fourth-order valence-corrected chi connectivity index (χ4v) is 3.48. The lowest BCUT2D eigenvalue weighted by Gasteiger charge is -2.32. The first-order valence-corrected chi connectivity index (χ1v) is 8.91. The minimum absolute atomic E-state index is 0.0223. The zero-order chi connectivity index (χ0) is 18.1. The molecule has 7 heteroatoms. The fraction of sp³-hybridized carbons (Fsp3) is 0.200. The smallest absolute Gasteiger partial charge is 0.244 e. The predicted octanol–water partition coefficient (Wildman–Crippen LogP) is 3.15. The number of aromatic nitrogens is 5. The number of benzene rings is 1. The first-order valence-electron chi connectivity index (χ1n) is 8.91. The number of hydrogen-bond donors (Lipinski definition) is 1. The van der Waals surface area contributed by atoms with Crippen LogP contribution in [0.5, 0.6) is 0 Å². The third-order valence-electron chi connectivity index (χ3n) is 4.85. The van der Waals surface area contributed by atoms with E-state index in [9.17, 15) is 0 Å². The van der Waals surface area contributed by atoms with Crippen molar-refractivity contribution in [3.63, 3.8) is 0 Å². The molecular formula is C20H18N6O. The van der Waals surface area contributed by atoms with Crippen LogP contribution < -0.4 is 0 Å². The summed E-state index contributed by atoms with van der Waals surface area (Å²) in [6.45, 7) is 1.56. The molecule has 5 rings (SSSR count). The minimum atomic E-state index is -0.0223. The summed E-state index contributed by atoms with van der Waals surface area (Å²) in [5.74, 6) is 1.11. The summed E-state index contributed by atoms with van der Waals surface area (Å²) in [5, 5.41) is 4.14. The largest absolute Gasteiger partial charge is 0.347 e. The Hall–Kier alpha value is -3.32. The summed E-state index contributed by atoms with van der Waals surface area (Å²) in [5.41, 5.74) is 4.15. The van der Waals surface area contributed by atoms with Gasteiger partial charge in [0.05, 0.1) is 23.8 Å². The van der Waals surface area contributed by atoms with Crippen LogP contribution in [-0.4, -0.2) is 30.0 Å². The van der Waals surface area contributed by atoms with Gasteiger partial charge in [-0.3, -0.25) is 9.88 Å². The van der Waals surface area contributed by atoms with Crippen LogP contribution in [0.25, 0.3) is 11.5 Å². The van der Waals surface area contributed by atoms with Gasteiger partial charge in [-0.05, 0) is 17.7 Å². The molecule has 0 saturated heterocycles. The van der Waals surface area contributed by atoms with Crippen LogP contribution in [0.1, 0.15) is 28.9 Å². The number of imidazole rings is 1. The van der Waals surface area contributed by atoms with Crippen molar-refractivity contribution in [2.45, 2.75) is 25.6 Å². The topological polar surface area (TPSA) is 83.7 Å². The molecule has 1 N–H and O–H groups in total. The molecule has 27 heavy (non-hydrogen) atoms. The van der Waals surface area contributed by atoms with Crippen molar-refractivity contribution in [1.29, 1.82) is 0 Å². The second-order valence-corrected chi connectivity index (χ2v) is 6.61. The fourth-order valence-electron chi connectivity index (χ4n) is 3.48. The molecule has 1 aromatic carbocycles. The van der Waals surface area contributed by atoms with E-state index in [4.69, 9.17) is 4.52 Å². The Bertz CT molecular complexity index is 1030. The van der Waals surface area contributed by atoms with E-state index in [0.29, 0.717) is 17.4 Å². The SMILES string of the molecule is c1ccc(CN2Cc3[nH]cnc3C[C@H]2c2nc(-c3ccccn3)no2)cc1. The van der Waals surface area contributed by atoms with E-state index in [2.05, 4.69) is 54.3 Å². The third-order valence-corrected chi connectivity index (χ3v) is 4.85. The predicted molar refractivity (Wildman–Crippen MR) is 98.3 cm³/mol. The van der Waals surface area contributed by atoms with Gasteiger partial charge >= 0.3 is 0 Å². The summed E-state index contributed by atoms with van der Waals surface area (Å²) in [4.78, 5) is 19.0. The van der Waals surface area contributed by atoms with Gasteiger partial charge in [-0.1, -0.05) is 41.6 Å². The average molecular weight is 358 g/mol. The molecule has 0 unspecified atom stereocenters. The molecule has 0 radical (unpaired) electrons. The van der Waals surface area contributed by atoms with Gasteiger partial charge in [-0.2, -0.15) is 4.98 Å². The molecular weight excluding hydrogens is 340 g/mol. The van der Waals surface area contributed by atoms with Crippen molar-refractivity contribution >= 4 is 0 Å². The lowest BCUT2D eigenvalue weighted by Crippen LogP contribution is -2.34. The van der Waals surface area contributed by atoms with Gasteiger partial charge in [-0.25, -0.2) is 4.98 Å². The summed E-state index contributed by atoms with van der Waals surface area (Å²) >= 11 is 0. The minimum Gasteiger partial charge on any atom is -0.347 e. The normalized spacial score (nSPS) is 17.0. The van der Waals surface area contributed by atoms with Gasteiger partial charge in [0.1, 0.15) is 5.69 Å². The van der Waals surface area contributed by atoms with E-state index in [0.717, 1.165) is 30.9 Å². The number of hydrogen-bond acceptors (Lipinski definition) is 6. The molecule has 4 aromatic rings.